The Bertz CT molecular complexity index is 421. The average Bonchev–Trinajstić information content (AvgIpc) is 2.43. The molecule has 0 fully saturated rings. The number of hydrogen-bond acceptors (Lipinski definition) is 5. The van der Waals surface area contributed by atoms with Crippen molar-refractivity contribution in [3.05, 3.63) is 11.9 Å². The van der Waals surface area contributed by atoms with Gasteiger partial charge in [-0.2, -0.15) is 0 Å². The van der Waals surface area contributed by atoms with E-state index in [0.29, 0.717) is 6.54 Å². The monoisotopic (exact) mass is 294 g/mol. The van der Waals surface area contributed by atoms with E-state index in [2.05, 4.69) is 41.4 Å². The molecule has 1 aromatic rings. The van der Waals surface area contributed by atoms with Crippen LogP contribution in [0.1, 0.15) is 59.2 Å². The molecule has 0 aliphatic carbocycles. The van der Waals surface area contributed by atoms with Crippen molar-refractivity contribution >= 4 is 11.6 Å². The lowest BCUT2D eigenvalue weighted by Gasteiger charge is -2.23. The predicted molar refractivity (Wildman–Crippen MR) is 88.8 cm³/mol. The Morgan fingerprint density at radius 2 is 1.71 bits per heavy atom. The van der Waals surface area contributed by atoms with Gasteiger partial charge in [-0.15, -0.1) is 0 Å². The fraction of sp³-hybridized carbons (Fsp3) is 0.750. The second-order valence-corrected chi connectivity index (χ2v) is 5.83. The summed E-state index contributed by atoms with van der Waals surface area (Å²) in [5.41, 5.74) is -0.707. The Morgan fingerprint density at radius 1 is 1.05 bits per heavy atom. The van der Waals surface area contributed by atoms with E-state index in [-0.39, 0.29) is 0 Å². The third kappa shape index (κ3) is 6.76. The number of rotatable bonds is 10. The Kier molecular flexibility index (Phi) is 7.43. The highest BCUT2D eigenvalue weighted by Crippen LogP contribution is 2.16. The maximum absolute atomic E-state index is 10.2. The van der Waals surface area contributed by atoms with Crippen LogP contribution in [0.15, 0.2) is 6.07 Å². The van der Waals surface area contributed by atoms with Crippen molar-refractivity contribution in [1.82, 2.24) is 9.97 Å². The van der Waals surface area contributed by atoms with Crippen LogP contribution in [0.2, 0.25) is 0 Å². The number of hydrogen-bond donors (Lipinski definition) is 3. The lowest BCUT2D eigenvalue weighted by atomic mass is 10.0. The van der Waals surface area contributed by atoms with Gasteiger partial charge in [0.2, 0.25) is 0 Å². The molecule has 120 valence electrons. The first-order chi connectivity index (χ1) is 10.0. The summed E-state index contributed by atoms with van der Waals surface area (Å²) in [7, 11) is 0. The van der Waals surface area contributed by atoms with E-state index >= 15 is 0 Å². The van der Waals surface area contributed by atoms with E-state index in [4.69, 9.17) is 0 Å². The van der Waals surface area contributed by atoms with Crippen LogP contribution in [0.25, 0.3) is 0 Å². The number of nitrogens with zero attached hydrogens (tertiary/aromatic N) is 2. The summed E-state index contributed by atoms with van der Waals surface area (Å²) in [4.78, 5) is 9.04. The topological polar surface area (TPSA) is 70.1 Å². The highest BCUT2D eigenvalue weighted by Gasteiger charge is 2.19. The van der Waals surface area contributed by atoms with Crippen LogP contribution in [0.4, 0.5) is 11.6 Å². The van der Waals surface area contributed by atoms with Crippen molar-refractivity contribution < 1.29 is 5.11 Å². The van der Waals surface area contributed by atoms with Crippen molar-refractivity contribution in [2.75, 3.05) is 23.7 Å². The summed E-state index contributed by atoms with van der Waals surface area (Å²) >= 11 is 0. The fourth-order valence-corrected chi connectivity index (χ4v) is 2.17. The summed E-state index contributed by atoms with van der Waals surface area (Å²) in [6.45, 7) is 9.57. The lowest BCUT2D eigenvalue weighted by molar-refractivity contribution is 0.0636. The van der Waals surface area contributed by atoms with Gasteiger partial charge in [0.25, 0.3) is 0 Å². The molecule has 0 aliphatic rings. The first-order valence-electron chi connectivity index (χ1n) is 8.08. The van der Waals surface area contributed by atoms with Crippen molar-refractivity contribution in [2.45, 2.75) is 65.4 Å². The van der Waals surface area contributed by atoms with E-state index < -0.39 is 5.60 Å². The van der Waals surface area contributed by atoms with Crippen molar-refractivity contribution in [3.8, 4) is 0 Å². The number of anilines is 2. The van der Waals surface area contributed by atoms with Gasteiger partial charge in [-0.25, -0.2) is 9.97 Å². The second kappa shape index (κ2) is 8.82. The second-order valence-electron chi connectivity index (χ2n) is 5.83. The number of aryl methyl sites for hydroxylation is 1. The molecule has 0 spiro atoms. The summed E-state index contributed by atoms with van der Waals surface area (Å²) in [5.74, 6) is 2.48. The van der Waals surface area contributed by atoms with Gasteiger partial charge in [0.15, 0.2) is 0 Å². The molecule has 5 heteroatoms. The Labute approximate surface area is 128 Å². The van der Waals surface area contributed by atoms with Crippen LogP contribution in [0.3, 0.4) is 0 Å². The van der Waals surface area contributed by atoms with E-state index in [0.717, 1.165) is 56.1 Å². The van der Waals surface area contributed by atoms with Crippen LogP contribution < -0.4 is 10.6 Å². The maximum atomic E-state index is 10.2. The van der Waals surface area contributed by atoms with E-state index in [9.17, 15) is 5.11 Å². The SMILES string of the molecule is CCCNc1cc(NCC(C)(O)CCC)nc(CCC)n1. The van der Waals surface area contributed by atoms with Crippen molar-refractivity contribution in [2.24, 2.45) is 0 Å². The Morgan fingerprint density at radius 3 is 2.29 bits per heavy atom. The summed E-state index contributed by atoms with van der Waals surface area (Å²) < 4.78 is 0. The molecular formula is C16H30N4O. The molecule has 1 heterocycles. The first-order valence-corrected chi connectivity index (χ1v) is 8.08. The smallest absolute Gasteiger partial charge is 0.133 e. The van der Waals surface area contributed by atoms with E-state index in [1.54, 1.807) is 0 Å². The van der Waals surface area contributed by atoms with Gasteiger partial charge in [0.05, 0.1) is 5.60 Å². The largest absolute Gasteiger partial charge is 0.388 e. The minimum atomic E-state index is -0.707. The van der Waals surface area contributed by atoms with Gasteiger partial charge < -0.3 is 15.7 Å². The van der Waals surface area contributed by atoms with E-state index in [1.807, 2.05) is 13.0 Å². The van der Waals surface area contributed by atoms with Crippen LogP contribution in [-0.2, 0) is 6.42 Å². The summed E-state index contributed by atoms with van der Waals surface area (Å²) in [6.07, 6.45) is 4.67. The Hall–Kier alpha value is -1.36. The normalized spacial score (nSPS) is 13.8. The molecule has 0 aliphatic heterocycles. The summed E-state index contributed by atoms with van der Waals surface area (Å²) in [6, 6.07) is 1.91. The molecule has 0 amide bonds. The first kappa shape index (κ1) is 17.7. The fourth-order valence-electron chi connectivity index (χ4n) is 2.17. The molecule has 1 atom stereocenters. The maximum Gasteiger partial charge on any atom is 0.133 e. The van der Waals surface area contributed by atoms with Crippen molar-refractivity contribution in [3.63, 3.8) is 0 Å². The predicted octanol–water partition coefficient (Wildman–Crippen LogP) is 3.21. The lowest BCUT2D eigenvalue weighted by Crippen LogP contribution is -2.33. The van der Waals surface area contributed by atoms with Crippen LogP contribution >= 0.6 is 0 Å². The van der Waals surface area contributed by atoms with Crippen LogP contribution in [0, 0.1) is 0 Å². The van der Waals surface area contributed by atoms with Crippen LogP contribution in [0.5, 0.6) is 0 Å². The van der Waals surface area contributed by atoms with E-state index in [1.165, 1.54) is 0 Å². The van der Waals surface area contributed by atoms with Gasteiger partial charge in [-0.3, -0.25) is 0 Å². The van der Waals surface area contributed by atoms with Crippen LogP contribution in [-0.4, -0.2) is 33.8 Å². The molecule has 21 heavy (non-hydrogen) atoms. The molecule has 3 N–H and O–H groups in total. The molecule has 0 radical (unpaired) electrons. The molecule has 0 saturated heterocycles. The number of aliphatic hydroxyl groups is 1. The quantitative estimate of drug-likeness (QED) is 0.618. The van der Waals surface area contributed by atoms with Gasteiger partial charge in [-0.1, -0.05) is 27.2 Å². The number of nitrogens with one attached hydrogen (secondary N) is 2. The standard InChI is InChI=1S/C16H30N4O/c1-5-8-13-19-14(17-10-7-3)11-15(20-13)18-12-16(4,21)9-6-2/h11,21H,5-10,12H2,1-4H3,(H2,17,18,19,20). The minimum Gasteiger partial charge on any atom is -0.388 e. The molecule has 0 saturated carbocycles. The van der Waals surface area contributed by atoms with Gasteiger partial charge in [0.1, 0.15) is 17.5 Å². The molecular weight excluding hydrogens is 264 g/mol. The summed E-state index contributed by atoms with van der Waals surface area (Å²) in [5, 5.41) is 16.8. The van der Waals surface area contributed by atoms with Gasteiger partial charge in [0, 0.05) is 25.6 Å². The molecule has 1 aromatic heterocycles. The molecule has 0 bridgehead atoms. The van der Waals surface area contributed by atoms with Gasteiger partial charge in [-0.05, 0) is 26.2 Å². The minimum absolute atomic E-state index is 0.497. The van der Waals surface area contributed by atoms with Gasteiger partial charge >= 0.3 is 0 Å². The molecule has 1 unspecified atom stereocenters. The molecule has 1 rings (SSSR count). The zero-order chi connectivity index (χ0) is 15.7. The third-order valence-electron chi connectivity index (χ3n) is 3.24. The zero-order valence-electron chi connectivity index (χ0n) is 13.9. The molecule has 5 nitrogen and oxygen atoms in total. The highest BCUT2D eigenvalue weighted by molar-refractivity contribution is 5.47. The van der Waals surface area contributed by atoms with Crippen molar-refractivity contribution in [1.29, 1.82) is 0 Å². The zero-order valence-corrected chi connectivity index (χ0v) is 13.9. The highest BCUT2D eigenvalue weighted by atomic mass is 16.3. The number of aromatic nitrogens is 2. The molecule has 0 aromatic carbocycles. The third-order valence-corrected chi connectivity index (χ3v) is 3.24. The average molecular weight is 294 g/mol. The Balaban J connectivity index is 2.77.